The summed E-state index contributed by atoms with van der Waals surface area (Å²) in [4.78, 5) is 17.5. The molecule has 24 heavy (non-hydrogen) atoms. The van der Waals surface area contributed by atoms with Gasteiger partial charge in [-0.25, -0.2) is 0 Å². The third-order valence-electron chi connectivity index (χ3n) is 4.02. The van der Waals surface area contributed by atoms with Crippen molar-refractivity contribution in [3.8, 4) is 0 Å². The van der Waals surface area contributed by atoms with E-state index in [1.54, 1.807) is 0 Å². The minimum Gasteiger partial charge on any atom is -0.395 e. The van der Waals surface area contributed by atoms with Gasteiger partial charge < -0.3 is 20.3 Å². The number of anilines is 2. The van der Waals surface area contributed by atoms with Gasteiger partial charge >= 0.3 is 0 Å². The molecule has 0 saturated carbocycles. The van der Waals surface area contributed by atoms with Crippen LogP contribution in [0.25, 0.3) is 10.9 Å². The zero-order valence-corrected chi connectivity index (χ0v) is 13.8. The number of hydrogen-bond acceptors (Lipinski definition) is 3. The number of aromatic amines is 1. The van der Waals surface area contributed by atoms with Crippen molar-refractivity contribution in [2.75, 3.05) is 30.4 Å². The second kappa shape index (κ2) is 6.76. The van der Waals surface area contributed by atoms with E-state index in [1.807, 2.05) is 67.4 Å². The zero-order chi connectivity index (χ0) is 17.1. The van der Waals surface area contributed by atoms with Crippen LogP contribution in [0.5, 0.6) is 0 Å². The Kier molecular flexibility index (Phi) is 4.53. The smallest absolute Gasteiger partial charge is 0.272 e. The summed E-state index contributed by atoms with van der Waals surface area (Å²) >= 11 is 0. The highest BCUT2D eigenvalue weighted by Crippen LogP contribution is 2.20. The van der Waals surface area contributed by atoms with E-state index >= 15 is 0 Å². The molecule has 124 valence electrons. The van der Waals surface area contributed by atoms with Gasteiger partial charge in [0.15, 0.2) is 0 Å². The van der Waals surface area contributed by atoms with E-state index in [9.17, 15) is 4.79 Å². The van der Waals surface area contributed by atoms with Gasteiger partial charge in [-0.15, -0.1) is 0 Å². The molecule has 3 aromatic rings. The van der Waals surface area contributed by atoms with E-state index in [4.69, 9.17) is 5.11 Å². The van der Waals surface area contributed by atoms with Gasteiger partial charge in [-0.2, -0.15) is 0 Å². The number of rotatable bonds is 5. The molecule has 0 radical (unpaired) electrons. The van der Waals surface area contributed by atoms with E-state index in [0.29, 0.717) is 12.2 Å². The maximum absolute atomic E-state index is 12.4. The fraction of sp³-hybridized carbons (Fsp3) is 0.211. The monoisotopic (exact) mass is 323 g/mol. The van der Waals surface area contributed by atoms with Gasteiger partial charge in [0.2, 0.25) is 0 Å². The number of hydrogen-bond donors (Lipinski definition) is 3. The highest BCUT2D eigenvalue weighted by molar-refractivity contribution is 6.06. The van der Waals surface area contributed by atoms with Crippen molar-refractivity contribution in [1.82, 2.24) is 4.98 Å². The lowest BCUT2D eigenvalue weighted by Crippen LogP contribution is -2.21. The van der Waals surface area contributed by atoms with Crippen molar-refractivity contribution in [2.45, 2.75) is 6.92 Å². The maximum Gasteiger partial charge on any atom is 0.272 e. The number of fused-ring (bicyclic) bond motifs is 1. The zero-order valence-electron chi connectivity index (χ0n) is 13.8. The summed E-state index contributed by atoms with van der Waals surface area (Å²) < 4.78 is 0. The Hall–Kier alpha value is -2.79. The first kappa shape index (κ1) is 16.1. The predicted octanol–water partition coefficient (Wildman–Crippen LogP) is 3.16. The Balaban J connectivity index is 1.73. The SMILES string of the molecule is Cc1ccc2cc(C(=O)Nc3ccc(N(C)CCO)cc3)[nH]c2c1. The minimum atomic E-state index is -0.166. The van der Waals surface area contributed by atoms with Crippen molar-refractivity contribution in [3.05, 3.63) is 59.8 Å². The fourth-order valence-electron chi connectivity index (χ4n) is 2.64. The number of aryl methyl sites for hydroxylation is 1. The van der Waals surface area contributed by atoms with E-state index in [-0.39, 0.29) is 12.5 Å². The lowest BCUT2D eigenvalue weighted by atomic mass is 10.2. The van der Waals surface area contributed by atoms with E-state index in [2.05, 4.69) is 10.3 Å². The number of carbonyl (C=O) groups excluding carboxylic acids is 1. The summed E-state index contributed by atoms with van der Waals surface area (Å²) in [6.07, 6.45) is 0. The number of nitrogens with one attached hydrogen (secondary N) is 2. The Labute approximate surface area is 140 Å². The van der Waals surface area contributed by atoms with Gasteiger partial charge in [0.25, 0.3) is 5.91 Å². The number of aromatic nitrogens is 1. The highest BCUT2D eigenvalue weighted by atomic mass is 16.3. The normalized spacial score (nSPS) is 10.8. The molecule has 0 saturated heterocycles. The van der Waals surface area contributed by atoms with Gasteiger partial charge in [0, 0.05) is 35.9 Å². The number of aliphatic hydroxyl groups excluding tert-OH is 1. The standard InChI is InChI=1S/C19H21N3O2/c1-13-3-4-14-12-18(21-17(14)11-13)19(24)20-15-5-7-16(8-6-15)22(2)9-10-23/h3-8,11-12,21,23H,9-10H2,1-2H3,(H,20,24). The number of carbonyl (C=O) groups is 1. The Bertz CT molecular complexity index is 853. The number of nitrogens with zero attached hydrogens (tertiary/aromatic N) is 1. The molecule has 1 amide bonds. The minimum absolute atomic E-state index is 0.106. The van der Waals surface area contributed by atoms with Crippen LogP contribution in [0.1, 0.15) is 16.1 Å². The average Bonchev–Trinajstić information content (AvgIpc) is 2.99. The van der Waals surface area contributed by atoms with Crippen LogP contribution in [0.2, 0.25) is 0 Å². The fourth-order valence-corrected chi connectivity index (χ4v) is 2.64. The summed E-state index contributed by atoms with van der Waals surface area (Å²) in [7, 11) is 1.91. The lowest BCUT2D eigenvalue weighted by Gasteiger charge is -2.18. The van der Waals surface area contributed by atoms with E-state index in [0.717, 1.165) is 27.8 Å². The van der Waals surface area contributed by atoms with Crippen molar-refractivity contribution in [1.29, 1.82) is 0 Å². The van der Waals surface area contributed by atoms with Crippen molar-refractivity contribution >= 4 is 28.2 Å². The van der Waals surface area contributed by atoms with Gasteiger partial charge in [-0.3, -0.25) is 4.79 Å². The topological polar surface area (TPSA) is 68.4 Å². The second-order valence-electron chi connectivity index (χ2n) is 5.92. The van der Waals surface area contributed by atoms with E-state index in [1.165, 1.54) is 0 Å². The molecule has 3 rings (SSSR count). The van der Waals surface area contributed by atoms with Crippen molar-refractivity contribution in [2.24, 2.45) is 0 Å². The van der Waals surface area contributed by atoms with Crippen molar-refractivity contribution in [3.63, 3.8) is 0 Å². The number of amides is 1. The molecular formula is C19H21N3O2. The molecule has 1 heterocycles. The molecule has 0 spiro atoms. The lowest BCUT2D eigenvalue weighted by molar-refractivity contribution is 0.102. The molecule has 0 fully saturated rings. The molecule has 3 N–H and O–H groups in total. The molecule has 5 heteroatoms. The Morgan fingerprint density at radius 3 is 2.62 bits per heavy atom. The summed E-state index contributed by atoms with van der Waals surface area (Å²) in [5.41, 5.74) is 4.37. The molecule has 1 aromatic heterocycles. The number of benzene rings is 2. The molecular weight excluding hydrogens is 302 g/mol. The molecule has 0 aliphatic carbocycles. The first-order valence-electron chi connectivity index (χ1n) is 7.89. The van der Waals surface area contributed by atoms with Crippen LogP contribution < -0.4 is 10.2 Å². The van der Waals surface area contributed by atoms with Gasteiger partial charge in [-0.1, -0.05) is 12.1 Å². The third kappa shape index (κ3) is 3.41. The molecule has 0 aliphatic rings. The second-order valence-corrected chi connectivity index (χ2v) is 5.92. The van der Waals surface area contributed by atoms with Crippen LogP contribution in [-0.4, -0.2) is 36.2 Å². The maximum atomic E-state index is 12.4. The van der Waals surface area contributed by atoms with Crippen molar-refractivity contribution < 1.29 is 9.90 Å². The Morgan fingerprint density at radius 1 is 1.17 bits per heavy atom. The summed E-state index contributed by atoms with van der Waals surface area (Å²) in [6.45, 7) is 2.70. The molecule has 0 unspecified atom stereocenters. The van der Waals surface area contributed by atoms with Crippen LogP contribution >= 0.6 is 0 Å². The van der Waals surface area contributed by atoms with Crippen LogP contribution in [-0.2, 0) is 0 Å². The number of H-pyrrole nitrogens is 1. The predicted molar refractivity (Wildman–Crippen MR) is 97.8 cm³/mol. The van der Waals surface area contributed by atoms with Crippen LogP contribution in [0, 0.1) is 6.92 Å². The molecule has 5 nitrogen and oxygen atoms in total. The number of aliphatic hydroxyl groups is 1. The summed E-state index contributed by atoms with van der Waals surface area (Å²) in [5, 5.41) is 12.9. The number of likely N-dealkylation sites (N-methyl/N-ethyl adjacent to an activating group) is 1. The largest absolute Gasteiger partial charge is 0.395 e. The molecule has 2 aromatic carbocycles. The molecule has 0 atom stereocenters. The van der Waals surface area contributed by atoms with Crippen LogP contribution in [0.4, 0.5) is 11.4 Å². The van der Waals surface area contributed by atoms with Gasteiger partial charge in [0.1, 0.15) is 5.69 Å². The third-order valence-corrected chi connectivity index (χ3v) is 4.02. The summed E-state index contributed by atoms with van der Waals surface area (Å²) in [5.74, 6) is -0.166. The average molecular weight is 323 g/mol. The summed E-state index contributed by atoms with van der Waals surface area (Å²) in [6, 6.07) is 15.5. The van der Waals surface area contributed by atoms with E-state index < -0.39 is 0 Å². The Morgan fingerprint density at radius 2 is 1.92 bits per heavy atom. The van der Waals surface area contributed by atoms with Gasteiger partial charge in [-0.05, 0) is 48.9 Å². The quantitative estimate of drug-likeness (QED) is 0.675. The first-order valence-corrected chi connectivity index (χ1v) is 7.89. The highest BCUT2D eigenvalue weighted by Gasteiger charge is 2.10. The first-order chi connectivity index (χ1) is 11.6. The van der Waals surface area contributed by atoms with Crippen LogP contribution in [0.15, 0.2) is 48.5 Å². The molecule has 0 aliphatic heterocycles. The van der Waals surface area contributed by atoms with Crippen LogP contribution in [0.3, 0.4) is 0 Å². The molecule has 0 bridgehead atoms. The van der Waals surface area contributed by atoms with Gasteiger partial charge in [0.05, 0.1) is 6.61 Å².